The predicted molar refractivity (Wildman–Crippen MR) is 141 cm³/mol. The Bertz CT molecular complexity index is 1770. The van der Waals surface area contributed by atoms with Crippen molar-refractivity contribution in [2.75, 3.05) is 0 Å². The normalized spacial score (nSPS) is 11.9. The van der Waals surface area contributed by atoms with Gasteiger partial charge in [0.15, 0.2) is 10.9 Å². The molecule has 7 heteroatoms. The summed E-state index contributed by atoms with van der Waals surface area (Å²) < 4.78 is 0. The second-order valence-electron chi connectivity index (χ2n) is 10.1. The second-order valence-corrected chi connectivity index (χ2v) is 10.1. The highest BCUT2D eigenvalue weighted by molar-refractivity contribution is 6.05. The van der Waals surface area contributed by atoms with Gasteiger partial charge >= 0.3 is 0 Å². The van der Waals surface area contributed by atoms with Gasteiger partial charge in [0.2, 0.25) is 10.9 Å². The molecule has 0 aromatic heterocycles. The summed E-state index contributed by atoms with van der Waals surface area (Å²) in [5.41, 5.74) is -2.29. The van der Waals surface area contributed by atoms with E-state index in [1.807, 2.05) is 13.8 Å². The van der Waals surface area contributed by atoms with Gasteiger partial charge in [0.05, 0.1) is 0 Å². The third-order valence-corrected chi connectivity index (χ3v) is 7.09. The highest BCUT2D eigenvalue weighted by Crippen LogP contribution is 2.49. The number of benzene rings is 4. The third kappa shape index (κ3) is 3.26. The Kier molecular flexibility index (Phi) is 5.78. The Morgan fingerprint density at radius 3 is 1.75 bits per heavy atom. The molecule has 0 radical (unpaired) electrons. The maximum Gasteiger partial charge on any atom is 0.229 e. The molecule has 2 aliphatic carbocycles. The standard InChI is InChI=1S/C29H28O7/c1-10(2)18-22-15(8-12(5)24(18)31)27(34)20(13(6)25(22)32)21-14(7)26(33)23-16(28(21)35)9-17(30)29(36)19(23)11(3)4/h8-11,31-32,34H,1-7H3. The Balaban J connectivity index is 2.29. The van der Waals surface area contributed by atoms with Crippen molar-refractivity contribution in [2.45, 2.75) is 60.3 Å². The molecule has 36 heavy (non-hydrogen) atoms. The van der Waals surface area contributed by atoms with Crippen LogP contribution in [0.5, 0.6) is 17.2 Å². The summed E-state index contributed by atoms with van der Waals surface area (Å²) in [5.74, 6) is -1.21. The molecule has 3 N–H and O–H groups in total. The highest BCUT2D eigenvalue weighted by atomic mass is 16.3. The van der Waals surface area contributed by atoms with Crippen LogP contribution in [-0.2, 0) is 0 Å². The number of phenolic OH excluding ortho intramolecular Hbond substituents is 3. The van der Waals surface area contributed by atoms with Crippen LogP contribution in [0.1, 0.15) is 67.3 Å². The second kappa shape index (κ2) is 8.29. The number of phenols is 3. The van der Waals surface area contributed by atoms with Gasteiger partial charge in [-0.25, -0.2) is 0 Å². The Labute approximate surface area is 207 Å². The first-order chi connectivity index (χ1) is 16.7. The van der Waals surface area contributed by atoms with E-state index in [-0.39, 0.29) is 72.9 Å². The van der Waals surface area contributed by atoms with Crippen molar-refractivity contribution in [1.82, 2.24) is 0 Å². The molecule has 186 valence electrons. The van der Waals surface area contributed by atoms with Gasteiger partial charge in [0.25, 0.3) is 0 Å². The van der Waals surface area contributed by atoms with Crippen LogP contribution in [0.25, 0.3) is 33.0 Å². The van der Waals surface area contributed by atoms with E-state index in [0.717, 1.165) is 6.07 Å². The minimum atomic E-state index is -0.882. The van der Waals surface area contributed by atoms with E-state index >= 15 is 0 Å². The molecular weight excluding hydrogens is 460 g/mol. The zero-order valence-electron chi connectivity index (χ0n) is 21.3. The van der Waals surface area contributed by atoms with E-state index < -0.39 is 27.6 Å². The van der Waals surface area contributed by atoms with E-state index in [2.05, 4.69) is 0 Å². The SMILES string of the molecule is Cc1cc2c(O)c(-c3c(C)c(=O)c4c(C(C)C)c(=O)c(=O)cc-4c3=O)c(C)c(O)c2c(C(C)C)c1O. The first-order valence-electron chi connectivity index (χ1n) is 11.8. The van der Waals surface area contributed by atoms with Gasteiger partial charge in [-0.3, -0.25) is 19.2 Å². The molecule has 0 amide bonds. The van der Waals surface area contributed by atoms with Gasteiger partial charge in [0.1, 0.15) is 17.2 Å². The summed E-state index contributed by atoms with van der Waals surface area (Å²) in [6.07, 6.45) is 0. The summed E-state index contributed by atoms with van der Waals surface area (Å²) in [4.78, 5) is 52.3. The van der Waals surface area contributed by atoms with Crippen molar-refractivity contribution in [3.05, 3.63) is 80.8 Å². The van der Waals surface area contributed by atoms with Crippen LogP contribution in [0.3, 0.4) is 0 Å². The van der Waals surface area contributed by atoms with Gasteiger partial charge in [0, 0.05) is 61.3 Å². The monoisotopic (exact) mass is 488 g/mol. The third-order valence-electron chi connectivity index (χ3n) is 7.09. The van der Waals surface area contributed by atoms with E-state index in [0.29, 0.717) is 11.1 Å². The summed E-state index contributed by atoms with van der Waals surface area (Å²) in [6.45, 7) is 11.6. The van der Waals surface area contributed by atoms with Gasteiger partial charge < -0.3 is 15.3 Å². The van der Waals surface area contributed by atoms with Gasteiger partial charge in [-0.2, -0.15) is 0 Å². The number of hydrogen-bond donors (Lipinski definition) is 3. The number of hydrogen-bond acceptors (Lipinski definition) is 7. The summed E-state index contributed by atoms with van der Waals surface area (Å²) in [7, 11) is 0. The Morgan fingerprint density at radius 2 is 1.19 bits per heavy atom. The van der Waals surface area contributed by atoms with E-state index in [9.17, 15) is 34.5 Å². The molecule has 7 nitrogen and oxygen atoms in total. The molecule has 0 bridgehead atoms. The van der Waals surface area contributed by atoms with Gasteiger partial charge in [-0.05, 0) is 44.2 Å². The molecule has 2 aromatic carbocycles. The summed E-state index contributed by atoms with van der Waals surface area (Å²) in [5, 5.41) is 33.8. The molecular formula is C29H28O7. The van der Waals surface area contributed by atoms with Gasteiger partial charge in [-0.15, -0.1) is 0 Å². The molecule has 0 atom stereocenters. The van der Waals surface area contributed by atoms with Crippen molar-refractivity contribution in [3.63, 3.8) is 0 Å². The Hall–Kier alpha value is -4.00. The molecule has 0 aliphatic heterocycles. The lowest BCUT2D eigenvalue weighted by atomic mass is 9.82. The first kappa shape index (κ1) is 25.1. The fourth-order valence-corrected chi connectivity index (χ4v) is 5.30. The number of fused-ring (bicyclic) bond motifs is 2. The summed E-state index contributed by atoms with van der Waals surface area (Å²) >= 11 is 0. The Morgan fingerprint density at radius 1 is 0.611 bits per heavy atom. The minimum Gasteiger partial charge on any atom is -0.507 e. The molecule has 4 rings (SSSR count). The number of aromatic hydroxyl groups is 3. The quantitative estimate of drug-likeness (QED) is 0.291. The van der Waals surface area contributed by atoms with Crippen LogP contribution in [0.2, 0.25) is 0 Å². The topological polar surface area (TPSA) is 129 Å². The van der Waals surface area contributed by atoms with Crippen LogP contribution < -0.4 is 21.7 Å². The first-order valence-corrected chi connectivity index (χ1v) is 11.8. The largest absolute Gasteiger partial charge is 0.507 e. The van der Waals surface area contributed by atoms with Crippen molar-refractivity contribution in [2.24, 2.45) is 0 Å². The molecule has 2 aromatic rings. The van der Waals surface area contributed by atoms with Crippen LogP contribution >= 0.6 is 0 Å². The molecule has 0 saturated carbocycles. The molecule has 0 spiro atoms. The minimum absolute atomic E-state index is 0.00387. The van der Waals surface area contributed by atoms with Crippen molar-refractivity contribution in [1.29, 1.82) is 0 Å². The van der Waals surface area contributed by atoms with E-state index in [4.69, 9.17) is 0 Å². The zero-order chi connectivity index (χ0) is 27.0. The molecule has 2 aliphatic rings. The smallest absolute Gasteiger partial charge is 0.229 e. The lowest BCUT2D eigenvalue weighted by Gasteiger charge is -2.22. The van der Waals surface area contributed by atoms with Gasteiger partial charge in [-0.1, -0.05) is 27.7 Å². The van der Waals surface area contributed by atoms with Crippen molar-refractivity contribution in [3.8, 4) is 39.5 Å². The van der Waals surface area contributed by atoms with Crippen LogP contribution in [0, 0.1) is 20.8 Å². The van der Waals surface area contributed by atoms with E-state index in [1.54, 1.807) is 20.8 Å². The molecule has 0 saturated heterocycles. The van der Waals surface area contributed by atoms with E-state index in [1.165, 1.54) is 19.9 Å². The number of rotatable bonds is 3. The average Bonchev–Trinajstić information content (AvgIpc) is 2.80. The van der Waals surface area contributed by atoms with Crippen LogP contribution in [-0.4, -0.2) is 15.3 Å². The summed E-state index contributed by atoms with van der Waals surface area (Å²) in [6, 6.07) is 2.41. The van der Waals surface area contributed by atoms with Crippen molar-refractivity contribution < 1.29 is 15.3 Å². The maximum absolute atomic E-state index is 13.8. The van der Waals surface area contributed by atoms with Crippen LogP contribution in [0.4, 0.5) is 0 Å². The van der Waals surface area contributed by atoms with Crippen LogP contribution in [0.15, 0.2) is 31.3 Å². The maximum atomic E-state index is 13.8. The fraction of sp³-hybridized carbons (Fsp3) is 0.310. The zero-order valence-corrected chi connectivity index (χ0v) is 21.3. The lowest BCUT2D eigenvalue weighted by molar-refractivity contribution is 0.455. The molecule has 0 fully saturated rings. The molecule has 0 unspecified atom stereocenters. The highest BCUT2D eigenvalue weighted by Gasteiger charge is 2.31. The lowest BCUT2D eigenvalue weighted by Crippen LogP contribution is -2.35. The predicted octanol–water partition coefficient (Wildman–Crippen LogP) is 4.22. The fourth-order valence-electron chi connectivity index (χ4n) is 5.30. The number of aryl methyl sites for hydroxylation is 1. The average molecular weight is 489 g/mol. The van der Waals surface area contributed by atoms with Crippen molar-refractivity contribution >= 4 is 10.8 Å². The molecule has 0 heterocycles.